The molecule has 3 heterocycles. The second-order valence-electron chi connectivity index (χ2n) is 9.81. The molecule has 7 heteroatoms. The van der Waals surface area contributed by atoms with Crippen LogP contribution < -0.4 is 0 Å². The van der Waals surface area contributed by atoms with Gasteiger partial charge in [-0.3, -0.25) is 14.4 Å². The van der Waals surface area contributed by atoms with E-state index in [4.69, 9.17) is 4.74 Å². The van der Waals surface area contributed by atoms with Crippen molar-refractivity contribution in [1.82, 2.24) is 14.7 Å². The third kappa shape index (κ3) is 3.41. The topological polar surface area (TPSA) is 70.2 Å². The SMILES string of the molecule is Cc1ccccc1C(=O)N1CC2(C1)C(C(=O)N1CCOCC1)c1ccccc1C(=O)N2C(C)C. The fourth-order valence-corrected chi connectivity index (χ4v) is 5.86. The summed E-state index contributed by atoms with van der Waals surface area (Å²) in [5, 5.41) is 0. The first-order valence-electron chi connectivity index (χ1n) is 12.0. The van der Waals surface area contributed by atoms with Gasteiger partial charge in [-0.05, 0) is 44.0 Å². The standard InChI is InChI=1S/C27H31N3O4/c1-18(2)30-25(32)22-11-7-6-10-21(22)23(26(33)28-12-14-34-15-13-28)27(30)16-29(17-27)24(31)20-9-5-4-8-19(20)3/h4-11,18,23H,12-17H2,1-3H3. The van der Waals surface area contributed by atoms with Gasteiger partial charge in [-0.15, -0.1) is 0 Å². The Labute approximate surface area is 200 Å². The largest absolute Gasteiger partial charge is 0.378 e. The van der Waals surface area contributed by atoms with Gasteiger partial charge >= 0.3 is 0 Å². The zero-order chi connectivity index (χ0) is 24.0. The van der Waals surface area contributed by atoms with Gasteiger partial charge in [0.25, 0.3) is 11.8 Å². The van der Waals surface area contributed by atoms with E-state index in [9.17, 15) is 14.4 Å². The molecular formula is C27H31N3O4. The van der Waals surface area contributed by atoms with Gasteiger partial charge in [0.2, 0.25) is 5.91 Å². The molecule has 0 aliphatic carbocycles. The summed E-state index contributed by atoms with van der Waals surface area (Å²) in [5.41, 5.74) is 2.15. The fourth-order valence-electron chi connectivity index (χ4n) is 5.86. The second-order valence-corrected chi connectivity index (χ2v) is 9.81. The molecule has 3 aliphatic rings. The molecule has 3 amide bonds. The molecule has 0 aromatic heterocycles. The highest BCUT2D eigenvalue weighted by atomic mass is 16.5. The van der Waals surface area contributed by atoms with E-state index in [0.717, 1.165) is 11.1 Å². The van der Waals surface area contributed by atoms with Crippen LogP contribution in [-0.4, -0.2) is 83.4 Å². The smallest absolute Gasteiger partial charge is 0.255 e. The molecule has 2 aromatic rings. The molecule has 5 rings (SSSR count). The van der Waals surface area contributed by atoms with Crippen LogP contribution in [0.15, 0.2) is 48.5 Å². The molecular weight excluding hydrogens is 430 g/mol. The van der Waals surface area contributed by atoms with Gasteiger partial charge < -0.3 is 19.4 Å². The number of hydrogen-bond acceptors (Lipinski definition) is 4. The van der Waals surface area contributed by atoms with Crippen LogP contribution >= 0.6 is 0 Å². The van der Waals surface area contributed by atoms with E-state index in [1.807, 2.05) is 79.1 Å². The van der Waals surface area contributed by atoms with Crippen LogP contribution in [0.4, 0.5) is 0 Å². The number of ether oxygens (including phenoxy) is 1. The van der Waals surface area contributed by atoms with E-state index in [1.54, 1.807) is 4.90 Å². The quantitative estimate of drug-likeness (QED) is 0.705. The third-order valence-electron chi connectivity index (χ3n) is 7.42. The van der Waals surface area contributed by atoms with Crippen molar-refractivity contribution in [2.24, 2.45) is 0 Å². The number of amides is 3. The van der Waals surface area contributed by atoms with Gasteiger partial charge in [0.05, 0.1) is 24.7 Å². The molecule has 0 saturated carbocycles. The Morgan fingerprint density at radius 1 is 0.971 bits per heavy atom. The van der Waals surface area contributed by atoms with Gasteiger partial charge in [-0.2, -0.15) is 0 Å². The number of benzene rings is 2. The molecule has 34 heavy (non-hydrogen) atoms. The molecule has 178 valence electrons. The number of carbonyl (C=O) groups is 3. The average Bonchev–Trinajstić information content (AvgIpc) is 2.82. The number of nitrogens with zero attached hydrogens (tertiary/aromatic N) is 3. The third-order valence-corrected chi connectivity index (χ3v) is 7.42. The van der Waals surface area contributed by atoms with Crippen molar-refractivity contribution in [2.45, 2.75) is 38.3 Å². The lowest BCUT2D eigenvalue weighted by atomic mass is 9.66. The van der Waals surface area contributed by atoms with Gasteiger partial charge in [-0.1, -0.05) is 36.4 Å². The predicted octanol–water partition coefficient (Wildman–Crippen LogP) is 2.70. The molecule has 1 spiro atoms. The highest BCUT2D eigenvalue weighted by Gasteiger charge is 2.62. The number of likely N-dealkylation sites (tertiary alicyclic amines) is 1. The van der Waals surface area contributed by atoms with E-state index < -0.39 is 11.5 Å². The average molecular weight is 462 g/mol. The maximum Gasteiger partial charge on any atom is 0.255 e. The second kappa shape index (κ2) is 8.55. The lowest BCUT2D eigenvalue weighted by molar-refractivity contribution is -0.146. The Bertz CT molecular complexity index is 1130. The maximum atomic E-state index is 14.0. The Hall–Kier alpha value is -3.19. The Morgan fingerprint density at radius 2 is 1.62 bits per heavy atom. The van der Waals surface area contributed by atoms with Crippen molar-refractivity contribution in [2.75, 3.05) is 39.4 Å². The molecule has 1 unspecified atom stereocenters. The summed E-state index contributed by atoms with van der Waals surface area (Å²) >= 11 is 0. The predicted molar refractivity (Wildman–Crippen MR) is 128 cm³/mol. The molecule has 3 aliphatic heterocycles. The van der Waals surface area contributed by atoms with Crippen molar-refractivity contribution in [3.63, 3.8) is 0 Å². The first kappa shape index (κ1) is 22.6. The number of fused-ring (bicyclic) bond motifs is 1. The Balaban J connectivity index is 1.56. The lowest BCUT2D eigenvalue weighted by Gasteiger charge is -2.62. The molecule has 2 aromatic carbocycles. The van der Waals surface area contributed by atoms with E-state index in [1.165, 1.54) is 0 Å². The Morgan fingerprint density at radius 3 is 2.29 bits per heavy atom. The Kier molecular flexibility index (Phi) is 5.68. The lowest BCUT2D eigenvalue weighted by Crippen LogP contribution is -2.78. The van der Waals surface area contributed by atoms with Crippen LogP contribution in [0, 0.1) is 6.92 Å². The summed E-state index contributed by atoms with van der Waals surface area (Å²) in [7, 11) is 0. The molecule has 2 saturated heterocycles. The van der Waals surface area contributed by atoms with E-state index in [-0.39, 0.29) is 23.8 Å². The van der Waals surface area contributed by atoms with Crippen LogP contribution in [0.1, 0.15) is 51.6 Å². The van der Waals surface area contributed by atoms with E-state index >= 15 is 0 Å². The number of morpholine rings is 1. The molecule has 1 atom stereocenters. The van der Waals surface area contributed by atoms with Crippen molar-refractivity contribution in [3.8, 4) is 0 Å². The van der Waals surface area contributed by atoms with Gasteiger partial charge in [0.1, 0.15) is 0 Å². The van der Waals surface area contributed by atoms with Crippen molar-refractivity contribution < 1.29 is 19.1 Å². The summed E-state index contributed by atoms with van der Waals surface area (Å²) < 4.78 is 5.47. The monoisotopic (exact) mass is 461 g/mol. The zero-order valence-electron chi connectivity index (χ0n) is 20.0. The molecule has 0 N–H and O–H groups in total. The van der Waals surface area contributed by atoms with Crippen LogP contribution in [0.3, 0.4) is 0 Å². The summed E-state index contributed by atoms with van der Waals surface area (Å²) in [4.78, 5) is 46.6. The van der Waals surface area contributed by atoms with Crippen molar-refractivity contribution >= 4 is 17.7 Å². The molecule has 7 nitrogen and oxygen atoms in total. The number of aryl methyl sites for hydroxylation is 1. The van der Waals surface area contributed by atoms with Crippen LogP contribution in [0.5, 0.6) is 0 Å². The molecule has 0 radical (unpaired) electrons. The van der Waals surface area contributed by atoms with Crippen molar-refractivity contribution in [3.05, 3.63) is 70.8 Å². The molecule has 0 bridgehead atoms. The van der Waals surface area contributed by atoms with Gasteiger partial charge in [0.15, 0.2) is 0 Å². The minimum absolute atomic E-state index is 0.0110. The fraction of sp³-hybridized carbons (Fsp3) is 0.444. The zero-order valence-corrected chi connectivity index (χ0v) is 20.0. The van der Waals surface area contributed by atoms with Crippen LogP contribution in [0.25, 0.3) is 0 Å². The highest BCUT2D eigenvalue weighted by Crippen LogP contribution is 2.48. The normalized spacial score (nSPS) is 21.5. The molecule has 2 fully saturated rings. The highest BCUT2D eigenvalue weighted by molar-refractivity contribution is 6.03. The minimum Gasteiger partial charge on any atom is -0.378 e. The number of carbonyl (C=O) groups excluding carboxylic acids is 3. The summed E-state index contributed by atoms with van der Waals surface area (Å²) in [6.45, 7) is 8.65. The summed E-state index contributed by atoms with van der Waals surface area (Å²) in [6, 6.07) is 14.9. The maximum absolute atomic E-state index is 14.0. The van der Waals surface area contributed by atoms with Gasteiger partial charge in [-0.25, -0.2) is 0 Å². The summed E-state index contributed by atoms with van der Waals surface area (Å²) in [5.74, 6) is -0.643. The minimum atomic E-state index is -0.770. The van der Waals surface area contributed by atoms with E-state index in [0.29, 0.717) is 50.5 Å². The van der Waals surface area contributed by atoms with Crippen molar-refractivity contribution in [1.29, 1.82) is 0 Å². The van der Waals surface area contributed by atoms with Crippen LogP contribution in [0.2, 0.25) is 0 Å². The number of hydrogen-bond donors (Lipinski definition) is 0. The number of rotatable bonds is 3. The first-order chi connectivity index (χ1) is 16.3. The summed E-state index contributed by atoms with van der Waals surface area (Å²) in [6.07, 6.45) is 0. The van der Waals surface area contributed by atoms with Crippen LogP contribution in [-0.2, 0) is 9.53 Å². The first-order valence-corrected chi connectivity index (χ1v) is 12.0. The van der Waals surface area contributed by atoms with E-state index in [2.05, 4.69) is 0 Å². The van der Waals surface area contributed by atoms with Gasteiger partial charge in [0, 0.05) is 43.3 Å².